The molecular formula is C13H23NO3. The van der Waals surface area contributed by atoms with Crippen LogP contribution in [0.1, 0.15) is 40.0 Å². The summed E-state index contributed by atoms with van der Waals surface area (Å²) in [5.41, 5.74) is 0. The van der Waals surface area contributed by atoms with Crippen molar-refractivity contribution in [3.63, 3.8) is 0 Å². The number of likely N-dealkylation sites (tertiary alicyclic amines) is 1. The van der Waals surface area contributed by atoms with Crippen molar-refractivity contribution in [2.45, 2.75) is 40.0 Å². The molecule has 0 radical (unpaired) electrons. The third-order valence-electron chi connectivity index (χ3n) is 3.87. The van der Waals surface area contributed by atoms with Crippen molar-refractivity contribution >= 4 is 11.9 Å². The number of amides is 1. The number of carbonyl (C=O) groups excluding carboxylic acids is 1. The first kappa shape index (κ1) is 14.0. The first-order valence-electron chi connectivity index (χ1n) is 6.52. The SMILES string of the molecule is CCC(CC)C(=O)N1CCC(C(=O)O)C(C)C1. The molecule has 4 heteroatoms. The largest absolute Gasteiger partial charge is 0.481 e. The Balaban J connectivity index is 2.60. The van der Waals surface area contributed by atoms with Gasteiger partial charge < -0.3 is 10.0 Å². The fraction of sp³-hybridized carbons (Fsp3) is 0.846. The van der Waals surface area contributed by atoms with Gasteiger partial charge in [0.05, 0.1) is 5.92 Å². The average Bonchev–Trinajstić information content (AvgIpc) is 2.29. The molecule has 0 bridgehead atoms. The Morgan fingerprint density at radius 1 is 1.35 bits per heavy atom. The normalized spacial score (nSPS) is 25.1. The summed E-state index contributed by atoms with van der Waals surface area (Å²) < 4.78 is 0. The highest BCUT2D eigenvalue weighted by Gasteiger charge is 2.34. The van der Waals surface area contributed by atoms with Crippen molar-refractivity contribution in [2.75, 3.05) is 13.1 Å². The lowest BCUT2D eigenvalue weighted by molar-refractivity contribution is -0.149. The lowest BCUT2D eigenvalue weighted by Gasteiger charge is -2.36. The van der Waals surface area contributed by atoms with Gasteiger partial charge in [-0.25, -0.2) is 0 Å². The number of hydrogen-bond acceptors (Lipinski definition) is 2. The predicted molar refractivity (Wildman–Crippen MR) is 65.6 cm³/mol. The number of piperidine rings is 1. The van der Waals surface area contributed by atoms with Gasteiger partial charge in [-0.15, -0.1) is 0 Å². The van der Waals surface area contributed by atoms with Crippen LogP contribution in [0.4, 0.5) is 0 Å². The van der Waals surface area contributed by atoms with Crippen LogP contribution in [0.5, 0.6) is 0 Å². The molecule has 0 aromatic rings. The van der Waals surface area contributed by atoms with Gasteiger partial charge >= 0.3 is 5.97 Å². The third-order valence-corrected chi connectivity index (χ3v) is 3.87. The van der Waals surface area contributed by atoms with Crippen molar-refractivity contribution < 1.29 is 14.7 Å². The standard InChI is InChI=1S/C13H23NO3/c1-4-10(5-2)12(15)14-7-6-11(13(16)17)9(3)8-14/h9-11H,4-8H2,1-3H3,(H,16,17). The van der Waals surface area contributed by atoms with Gasteiger partial charge in [0.1, 0.15) is 0 Å². The smallest absolute Gasteiger partial charge is 0.306 e. The van der Waals surface area contributed by atoms with E-state index < -0.39 is 5.97 Å². The van der Waals surface area contributed by atoms with E-state index in [0.29, 0.717) is 19.5 Å². The second kappa shape index (κ2) is 6.03. The van der Waals surface area contributed by atoms with Gasteiger partial charge in [0.25, 0.3) is 0 Å². The van der Waals surface area contributed by atoms with E-state index in [1.807, 2.05) is 25.7 Å². The summed E-state index contributed by atoms with van der Waals surface area (Å²) in [5, 5.41) is 9.03. The Bertz CT molecular complexity index is 286. The molecule has 1 N–H and O–H groups in total. The Labute approximate surface area is 103 Å². The molecule has 1 fully saturated rings. The Morgan fingerprint density at radius 3 is 2.35 bits per heavy atom. The molecule has 1 heterocycles. The van der Waals surface area contributed by atoms with Crippen LogP contribution in [0.3, 0.4) is 0 Å². The van der Waals surface area contributed by atoms with Gasteiger partial charge in [-0.2, -0.15) is 0 Å². The van der Waals surface area contributed by atoms with Crippen LogP contribution in [-0.2, 0) is 9.59 Å². The van der Waals surface area contributed by atoms with Crippen LogP contribution >= 0.6 is 0 Å². The first-order valence-corrected chi connectivity index (χ1v) is 6.52. The van der Waals surface area contributed by atoms with E-state index in [4.69, 9.17) is 5.11 Å². The molecule has 0 aromatic heterocycles. The van der Waals surface area contributed by atoms with E-state index in [0.717, 1.165) is 12.8 Å². The fourth-order valence-electron chi connectivity index (χ4n) is 2.61. The second-order valence-electron chi connectivity index (χ2n) is 5.01. The van der Waals surface area contributed by atoms with Crippen LogP contribution in [0.25, 0.3) is 0 Å². The average molecular weight is 241 g/mol. The van der Waals surface area contributed by atoms with E-state index in [1.165, 1.54) is 0 Å². The summed E-state index contributed by atoms with van der Waals surface area (Å²) >= 11 is 0. The minimum absolute atomic E-state index is 0.0552. The van der Waals surface area contributed by atoms with Gasteiger partial charge in [-0.05, 0) is 25.2 Å². The molecule has 1 amide bonds. The van der Waals surface area contributed by atoms with Gasteiger partial charge in [0.15, 0.2) is 0 Å². The highest BCUT2D eigenvalue weighted by Crippen LogP contribution is 2.25. The number of nitrogens with zero attached hydrogens (tertiary/aromatic N) is 1. The molecule has 0 aliphatic carbocycles. The van der Waals surface area contributed by atoms with Crippen LogP contribution in [-0.4, -0.2) is 35.0 Å². The molecule has 0 spiro atoms. The second-order valence-corrected chi connectivity index (χ2v) is 5.01. The van der Waals surface area contributed by atoms with Crippen molar-refractivity contribution in [1.29, 1.82) is 0 Å². The summed E-state index contributed by atoms with van der Waals surface area (Å²) in [6, 6.07) is 0. The Kier molecular flexibility index (Phi) is 4.97. The lowest BCUT2D eigenvalue weighted by atomic mass is 9.86. The summed E-state index contributed by atoms with van der Waals surface area (Å²) in [5.74, 6) is -0.665. The molecule has 1 rings (SSSR count). The van der Waals surface area contributed by atoms with E-state index in [2.05, 4.69) is 0 Å². The summed E-state index contributed by atoms with van der Waals surface area (Å²) in [6.07, 6.45) is 2.31. The first-order chi connectivity index (χ1) is 8.01. The molecule has 2 atom stereocenters. The molecular weight excluding hydrogens is 218 g/mol. The molecule has 2 unspecified atom stereocenters. The molecule has 1 aliphatic rings. The van der Waals surface area contributed by atoms with E-state index in [1.54, 1.807) is 0 Å². The summed E-state index contributed by atoms with van der Waals surface area (Å²) in [4.78, 5) is 25.0. The number of carboxylic acid groups (broad SMARTS) is 1. The molecule has 1 saturated heterocycles. The quantitative estimate of drug-likeness (QED) is 0.819. The van der Waals surface area contributed by atoms with Crippen molar-refractivity contribution in [3.05, 3.63) is 0 Å². The van der Waals surface area contributed by atoms with Gasteiger partial charge in [0, 0.05) is 19.0 Å². The molecule has 4 nitrogen and oxygen atoms in total. The fourth-order valence-corrected chi connectivity index (χ4v) is 2.61. The summed E-state index contributed by atoms with van der Waals surface area (Å²) in [6.45, 7) is 7.16. The minimum Gasteiger partial charge on any atom is -0.481 e. The van der Waals surface area contributed by atoms with E-state index in [-0.39, 0.29) is 23.7 Å². The zero-order valence-corrected chi connectivity index (χ0v) is 11.0. The maximum Gasteiger partial charge on any atom is 0.306 e. The Hall–Kier alpha value is -1.06. The lowest BCUT2D eigenvalue weighted by Crippen LogP contribution is -2.46. The number of hydrogen-bond donors (Lipinski definition) is 1. The zero-order chi connectivity index (χ0) is 13.0. The number of rotatable bonds is 4. The van der Waals surface area contributed by atoms with E-state index >= 15 is 0 Å². The Morgan fingerprint density at radius 2 is 1.94 bits per heavy atom. The molecule has 1 aliphatic heterocycles. The van der Waals surface area contributed by atoms with Crippen LogP contribution in [0, 0.1) is 17.8 Å². The molecule has 0 aromatic carbocycles. The third kappa shape index (κ3) is 3.20. The zero-order valence-electron chi connectivity index (χ0n) is 11.0. The minimum atomic E-state index is -0.730. The van der Waals surface area contributed by atoms with Crippen LogP contribution in [0.2, 0.25) is 0 Å². The van der Waals surface area contributed by atoms with Crippen molar-refractivity contribution in [2.24, 2.45) is 17.8 Å². The number of aliphatic carboxylic acids is 1. The van der Waals surface area contributed by atoms with Crippen LogP contribution < -0.4 is 0 Å². The highest BCUT2D eigenvalue weighted by atomic mass is 16.4. The molecule has 0 saturated carbocycles. The predicted octanol–water partition coefficient (Wildman–Crippen LogP) is 1.99. The number of carboxylic acids is 1. The molecule has 98 valence electrons. The maximum absolute atomic E-state index is 12.2. The highest BCUT2D eigenvalue weighted by molar-refractivity contribution is 5.79. The summed E-state index contributed by atoms with van der Waals surface area (Å²) in [7, 11) is 0. The van der Waals surface area contributed by atoms with Gasteiger partial charge in [-0.1, -0.05) is 20.8 Å². The van der Waals surface area contributed by atoms with Gasteiger partial charge in [0.2, 0.25) is 5.91 Å². The topological polar surface area (TPSA) is 57.6 Å². The molecule has 17 heavy (non-hydrogen) atoms. The number of carbonyl (C=O) groups is 2. The van der Waals surface area contributed by atoms with E-state index in [9.17, 15) is 9.59 Å². The maximum atomic E-state index is 12.2. The van der Waals surface area contributed by atoms with Crippen LogP contribution in [0.15, 0.2) is 0 Å². The van der Waals surface area contributed by atoms with Crippen molar-refractivity contribution in [3.8, 4) is 0 Å². The van der Waals surface area contributed by atoms with Gasteiger partial charge in [-0.3, -0.25) is 9.59 Å². The monoisotopic (exact) mass is 241 g/mol. The van der Waals surface area contributed by atoms with Crippen molar-refractivity contribution in [1.82, 2.24) is 4.90 Å².